The Bertz CT molecular complexity index is 364. The van der Waals surface area contributed by atoms with Crippen LogP contribution in [0.4, 0.5) is 12.0 Å². The van der Waals surface area contributed by atoms with E-state index in [1.807, 2.05) is 0 Å². The first-order valence-corrected chi connectivity index (χ1v) is 4.79. The quantitative estimate of drug-likeness (QED) is 0.675. The predicted molar refractivity (Wildman–Crippen MR) is 53.1 cm³/mol. The number of carbonyl (C=O) groups excluding carboxylic acids is 1. The molecular formula is C8H13N5O2. The van der Waals surface area contributed by atoms with Gasteiger partial charge in [-0.1, -0.05) is 10.2 Å². The number of aromatic nitrogens is 2. The Morgan fingerprint density at radius 3 is 3.07 bits per heavy atom. The second-order valence-corrected chi connectivity index (χ2v) is 3.39. The van der Waals surface area contributed by atoms with Crippen LogP contribution < -0.4 is 16.0 Å². The number of likely N-dealkylation sites (N-methyl/N-ethyl adjacent to an activating group) is 1. The van der Waals surface area contributed by atoms with Crippen molar-refractivity contribution < 1.29 is 9.21 Å². The van der Waals surface area contributed by atoms with E-state index >= 15 is 0 Å². The van der Waals surface area contributed by atoms with E-state index in [0.717, 1.165) is 19.4 Å². The molecule has 1 amide bonds. The van der Waals surface area contributed by atoms with Crippen molar-refractivity contribution in [1.29, 1.82) is 0 Å². The van der Waals surface area contributed by atoms with Crippen molar-refractivity contribution in [3.8, 4) is 0 Å². The van der Waals surface area contributed by atoms with Crippen LogP contribution in [0.25, 0.3) is 0 Å². The summed E-state index contributed by atoms with van der Waals surface area (Å²) in [5.74, 6) is -0.0377. The zero-order chi connectivity index (χ0) is 10.8. The Morgan fingerprint density at radius 1 is 1.67 bits per heavy atom. The topological polar surface area (TPSA) is 97.3 Å². The minimum atomic E-state index is -0.227. The predicted octanol–water partition coefficient (Wildman–Crippen LogP) is -0.633. The molecule has 1 aromatic rings. The van der Waals surface area contributed by atoms with Crippen LogP contribution in [0.1, 0.15) is 12.8 Å². The van der Waals surface area contributed by atoms with Crippen molar-refractivity contribution in [2.45, 2.75) is 18.9 Å². The third-order valence-corrected chi connectivity index (χ3v) is 2.48. The maximum absolute atomic E-state index is 11.5. The van der Waals surface area contributed by atoms with Gasteiger partial charge in [0.15, 0.2) is 0 Å². The van der Waals surface area contributed by atoms with Crippen molar-refractivity contribution in [1.82, 2.24) is 15.5 Å². The molecule has 0 aromatic carbocycles. The lowest BCUT2D eigenvalue weighted by atomic mass is 10.2. The Hall–Kier alpha value is -1.79. The smallest absolute Gasteiger partial charge is 0.320 e. The first-order chi connectivity index (χ1) is 7.22. The molecule has 3 N–H and O–H groups in total. The van der Waals surface area contributed by atoms with E-state index in [4.69, 9.17) is 10.2 Å². The fourth-order valence-corrected chi connectivity index (χ4v) is 1.78. The number of nitrogens with zero attached hydrogens (tertiary/aromatic N) is 3. The highest BCUT2D eigenvalue weighted by Crippen LogP contribution is 2.24. The molecule has 1 atom stereocenters. The number of hydrogen-bond donors (Lipinski definition) is 2. The monoisotopic (exact) mass is 211 g/mol. The number of nitrogen functional groups attached to an aromatic ring is 1. The molecular weight excluding hydrogens is 198 g/mol. The molecule has 2 heterocycles. The first-order valence-electron chi connectivity index (χ1n) is 4.79. The molecule has 1 aromatic heterocycles. The maximum Gasteiger partial charge on any atom is 0.320 e. The molecule has 0 bridgehead atoms. The number of anilines is 2. The van der Waals surface area contributed by atoms with Gasteiger partial charge in [-0.05, 0) is 12.8 Å². The van der Waals surface area contributed by atoms with Crippen LogP contribution in [0.2, 0.25) is 0 Å². The largest absolute Gasteiger partial charge is 0.390 e. The Kier molecular flexibility index (Phi) is 2.44. The van der Waals surface area contributed by atoms with Gasteiger partial charge < -0.3 is 20.4 Å². The van der Waals surface area contributed by atoms with Crippen LogP contribution in [0.15, 0.2) is 4.42 Å². The lowest BCUT2D eigenvalue weighted by molar-refractivity contribution is -0.121. The Balaban J connectivity index is 2.18. The van der Waals surface area contributed by atoms with Crippen molar-refractivity contribution >= 4 is 17.9 Å². The van der Waals surface area contributed by atoms with Crippen molar-refractivity contribution in [3.63, 3.8) is 0 Å². The number of hydrogen-bond acceptors (Lipinski definition) is 6. The van der Waals surface area contributed by atoms with Crippen LogP contribution in [0, 0.1) is 0 Å². The molecule has 15 heavy (non-hydrogen) atoms. The molecule has 1 fully saturated rings. The SMILES string of the molecule is CNC(=O)C1CCCN1c1nnc(N)o1. The molecule has 0 spiro atoms. The van der Waals surface area contributed by atoms with E-state index in [2.05, 4.69) is 15.5 Å². The molecule has 0 saturated carbocycles. The summed E-state index contributed by atoms with van der Waals surface area (Å²) in [5.41, 5.74) is 5.33. The zero-order valence-corrected chi connectivity index (χ0v) is 8.43. The third-order valence-electron chi connectivity index (χ3n) is 2.48. The number of nitrogens with two attached hydrogens (primary N) is 1. The molecule has 1 aliphatic heterocycles. The van der Waals surface area contributed by atoms with Gasteiger partial charge in [-0.3, -0.25) is 4.79 Å². The second kappa shape index (κ2) is 3.76. The number of rotatable bonds is 2. The Labute approximate surface area is 86.6 Å². The highest BCUT2D eigenvalue weighted by Gasteiger charge is 2.33. The normalized spacial score (nSPS) is 20.6. The van der Waals surface area contributed by atoms with Crippen molar-refractivity contribution in [2.24, 2.45) is 0 Å². The molecule has 1 aliphatic rings. The van der Waals surface area contributed by atoms with Crippen LogP contribution in [-0.2, 0) is 4.79 Å². The van der Waals surface area contributed by atoms with Gasteiger partial charge in [0.2, 0.25) is 5.91 Å². The number of nitrogens with one attached hydrogen (secondary N) is 1. The second-order valence-electron chi connectivity index (χ2n) is 3.39. The van der Waals surface area contributed by atoms with Crippen LogP contribution in [-0.4, -0.2) is 35.7 Å². The van der Waals surface area contributed by atoms with E-state index in [9.17, 15) is 4.79 Å². The molecule has 1 saturated heterocycles. The lowest BCUT2D eigenvalue weighted by Gasteiger charge is -2.20. The van der Waals surface area contributed by atoms with Gasteiger partial charge in [-0.25, -0.2) is 0 Å². The molecule has 0 radical (unpaired) electrons. The van der Waals surface area contributed by atoms with Crippen molar-refractivity contribution in [2.75, 3.05) is 24.2 Å². The summed E-state index contributed by atoms with van der Waals surface area (Å²) in [6.45, 7) is 0.736. The van der Waals surface area contributed by atoms with Gasteiger partial charge >= 0.3 is 12.0 Å². The lowest BCUT2D eigenvalue weighted by Crippen LogP contribution is -2.42. The summed E-state index contributed by atoms with van der Waals surface area (Å²) in [7, 11) is 1.61. The Morgan fingerprint density at radius 2 is 2.47 bits per heavy atom. The highest BCUT2D eigenvalue weighted by atomic mass is 16.4. The summed E-state index contributed by atoms with van der Waals surface area (Å²) in [6.07, 6.45) is 1.72. The summed E-state index contributed by atoms with van der Waals surface area (Å²) in [6, 6.07) is 0.112. The molecule has 2 rings (SSSR count). The number of carbonyl (C=O) groups is 1. The summed E-state index contributed by atoms with van der Waals surface area (Å²) < 4.78 is 5.09. The van der Waals surface area contributed by atoms with Crippen molar-refractivity contribution in [3.05, 3.63) is 0 Å². The van der Waals surface area contributed by atoms with Crippen LogP contribution in [0.5, 0.6) is 0 Å². The van der Waals surface area contributed by atoms with E-state index in [1.54, 1.807) is 11.9 Å². The van der Waals surface area contributed by atoms with Gasteiger partial charge in [0.25, 0.3) is 0 Å². The van der Waals surface area contributed by atoms with E-state index < -0.39 is 0 Å². The molecule has 7 heteroatoms. The average Bonchev–Trinajstić information content (AvgIpc) is 2.84. The minimum absolute atomic E-state index is 0.0209. The van der Waals surface area contributed by atoms with E-state index in [1.165, 1.54) is 0 Å². The van der Waals surface area contributed by atoms with E-state index in [-0.39, 0.29) is 18.0 Å². The molecule has 82 valence electrons. The van der Waals surface area contributed by atoms with Gasteiger partial charge in [-0.15, -0.1) is 0 Å². The molecule has 1 unspecified atom stereocenters. The third kappa shape index (κ3) is 1.72. The van der Waals surface area contributed by atoms with Gasteiger partial charge in [0.05, 0.1) is 0 Å². The first kappa shape index (κ1) is 9.75. The summed E-state index contributed by atoms with van der Waals surface area (Å²) in [4.78, 5) is 13.3. The van der Waals surface area contributed by atoms with Gasteiger partial charge in [-0.2, -0.15) is 0 Å². The van der Waals surface area contributed by atoms with Crippen LogP contribution >= 0.6 is 0 Å². The minimum Gasteiger partial charge on any atom is -0.390 e. The van der Waals surface area contributed by atoms with E-state index in [0.29, 0.717) is 6.01 Å². The zero-order valence-electron chi connectivity index (χ0n) is 8.43. The summed E-state index contributed by atoms with van der Waals surface area (Å²) in [5, 5.41) is 9.95. The fourth-order valence-electron chi connectivity index (χ4n) is 1.78. The highest BCUT2D eigenvalue weighted by molar-refractivity contribution is 5.84. The maximum atomic E-state index is 11.5. The van der Waals surface area contributed by atoms with Crippen LogP contribution in [0.3, 0.4) is 0 Å². The van der Waals surface area contributed by atoms with Gasteiger partial charge in [0.1, 0.15) is 6.04 Å². The summed E-state index contributed by atoms with van der Waals surface area (Å²) >= 11 is 0. The molecule has 0 aliphatic carbocycles. The molecule has 7 nitrogen and oxygen atoms in total. The van der Waals surface area contributed by atoms with Gasteiger partial charge in [0, 0.05) is 13.6 Å². The number of amides is 1. The average molecular weight is 211 g/mol. The fraction of sp³-hybridized carbons (Fsp3) is 0.625. The standard InChI is InChI=1S/C8H13N5O2/c1-10-6(14)5-3-2-4-13(5)8-12-11-7(9)15-8/h5H,2-4H2,1H3,(H2,9,11)(H,10,14).